The van der Waals surface area contributed by atoms with E-state index in [4.69, 9.17) is 0 Å². The Balaban J connectivity index is 1.82. The maximum Gasteiger partial charge on any atom is 0.240 e. The Hall–Kier alpha value is -2.14. The van der Waals surface area contributed by atoms with E-state index in [1.54, 1.807) is 12.3 Å². The molecule has 2 heterocycles. The van der Waals surface area contributed by atoms with Gasteiger partial charge in [-0.3, -0.25) is 9.59 Å². The zero-order valence-electron chi connectivity index (χ0n) is 11.1. The number of nitrogens with zero attached hydrogens (tertiary/aromatic N) is 1. The number of para-hydroxylation sites is 1. The van der Waals surface area contributed by atoms with Crippen LogP contribution >= 0.6 is 0 Å². The molecule has 0 aliphatic carbocycles. The monoisotopic (exact) mass is 271 g/mol. The summed E-state index contributed by atoms with van der Waals surface area (Å²) < 4.78 is 1.81. The van der Waals surface area contributed by atoms with Crippen LogP contribution in [0, 0.1) is 0 Å². The lowest BCUT2D eigenvalue weighted by atomic mass is 10.2. The Morgan fingerprint density at radius 1 is 1.35 bits per heavy atom. The van der Waals surface area contributed by atoms with Crippen molar-refractivity contribution in [3.05, 3.63) is 46.8 Å². The van der Waals surface area contributed by atoms with E-state index in [0.717, 1.165) is 25.0 Å². The van der Waals surface area contributed by atoms with E-state index in [1.165, 1.54) is 6.07 Å². The first-order valence-electron chi connectivity index (χ1n) is 6.82. The third-order valence-electron chi connectivity index (χ3n) is 3.62. The molecule has 2 N–H and O–H groups in total. The summed E-state index contributed by atoms with van der Waals surface area (Å²) in [5.41, 5.74) is 0.775. The average Bonchev–Trinajstić information content (AvgIpc) is 2.95. The first-order chi connectivity index (χ1) is 9.74. The second-order valence-electron chi connectivity index (χ2n) is 5.08. The summed E-state index contributed by atoms with van der Waals surface area (Å²) in [6, 6.07) is 9.07. The number of pyridine rings is 1. The van der Waals surface area contributed by atoms with Crippen molar-refractivity contribution in [1.29, 1.82) is 0 Å². The summed E-state index contributed by atoms with van der Waals surface area (Å²) in [5, 5.41) is 6.87. The predicted molar refractivity (Wildman–Crippen MR) is 77.6 cm³/mol. The van der Waals surface area contributed by atoms with E-state index < -0.39 is 0 Å². The highest BCUT2D eigenvalue weighted by atomic mass is 16.2. The topological polar surface area (TPSA) is 63.1 Å². The highest BCUT2D eigenvalue weighted by molar-refractivity contribution is 5.82. The minimum Gasteiger partial charge on any atom is -0.350 e. The van der Waals surface area contributed by atoms with Crippen LogP contribution < -0.4 is 16.1 Å². The highest BCUT2D eigenvalue weighted by Gasteiger charge is 2.16. The van der Waals surface area contributed by atoms with Gasteiger partial charge in [-0.2, -0.15) is 0 Å². The molecule has 0 radical (unpaired) electrons. The van der Waals surface area contributed by atoms with Gasteiger partial charge in [0, 0.05) is 30.2 Å². The van der Waals surface area contributed by atoms with Gasteiger partial charge in [0.2, 0.25) is 5.91 Å². The van der Waals surface area contributed by atoms with Gasteiger partial charge in [-0.25, -0.2) is 0 Å². The van der Waals surface area contributed by atoms with Crippen molar-refractivity contribution in [1.82, 2.24) is 15.2 Å². The maximum atomic E-state index is 12.1. The van der Waals surface area contributed by atoms with Gasteiger partial charge in [-0.05, 0) is 25.1 Å². The Morgan fingerprint density at radius 2 is 2.20 bits per heavy atom. The third kappa shape index (κ3) is 2.58. The van der Waals surface area contributed by atoms with Crippen molar-refractivity contribution < 1.29 is 4.79 Å². The zero-order chi connectivity index (χ0) is 13.9. The van der Waals surface area contributed by atoms with E-state index in [9.17, 15) is 9.59 Å². The van der Waals surface area contributed by atoms with E-state index in [-0.39, 0.29) is 23.9 Å². The number of nitrogens with one attached hydrogen (secondary N) is 2. The Kier molecular flexibility index (Phi) is 3.52. The van der Waals surface area contributed by atoms with Gasteiger partial charge >= 0.3 is 0 Å². The number of fused-ring (bicyclic) bond motifs is 1. The minimum atomic E-state index is -0.0208. The fourth-order valence-electron chi connectivity index (χ4n) is 2.60. The lowest BCUT2D eigenvalue weighted by molar-refractivity contribution is -0.122. The molecule has 0 unspecified atom stereocenters. The second kappa shape index (κ2) is 5.46. The highest BCUT2D eigenvalue weighted by Crippen LogP contribution is 2.09. The Morgan fingerprint density at radius 3 is 3.00 bits per heavy atom. The normalized spacial score (nSPS) is 18.3. The Bertz CT molecular complexity index is 687. The molecule has 104 valence electrons. The van der Waals surface area contributed by atoms with Crippen molar-refractivity contribution >= 4 is 16.8 Å². The largest absolute Gasteiger partial charge is 0.350 e. The van der Waals surface area contributed by atoms with Crippen LogP contribution in [-0.2, 0) is 11.3 Å². The first-order valence-corrected chi connectivity index (χ1v) is 6.82. The third-order valence-corrected chi connectivity index (χ3v) is 3.62. The summed E-state index contributed by atoms with van der Waals surface area (Å²) >= 11 is 0. The van der Waals surface area contributed by atoms with Crippen LogP contribution in [0.2, 0.25) is 0 Å². The molecule has 20 heavy (non-hydrogen) atoms. The molecule has 1 fully saturated rings. The molecule has 1 saturated heterocycles. The van der Waals surface area contributed by atoms with Crippen LogP contribution in [0.4, 0.5) is 0 Å². The molecule has 2 aromatic rings. The summed E-state index contributed by atoms with van der Waals surface area (Å²) in [5.74, 6) is -0.0208. The maximum absolute atomic E-state index is 12.1. The summed E-state index contributed by atoms with van der Waals surface area (Å²) in [6.07, 6.45) is 2.65. The molecule has 1 amide bonds. The van der Waals surface area contributed by atoms with E-state index in [0.29, 0.717) is 5.39 Å². The van der Waals surface area contributed by atoms with Gasteiger partial charge in [0.05, 0.1) is 5.52 Å². The number of carbonyl (C=O) groups is 1. The number of carbonyl (C=O) groups excluding carboxylic acids is 1. The van der Waals surface area contributed by atoms with Gasteiger partial charge in [-0.1, -0.05) is 12.1 Å². The van der Waals surface area contributed by atoms with Crippen molar-refractivity contribution in [3.63, 3.8) is 0 Å². The first kappa shape index (κ1) is 12.9. The van der Waals surface area contributed by atoms with Crippen LogP contribution in [0.3, 0.4) is 0 Å². The second-order valence-corrected chi connectivity index (χ2v) is 5.08. The predicted octanol–water partition coefficient (Wildman–Crippen LogP) is 0.480. The molecule has 5 nitrogen and oxygen atoms in total. The van der Waals surface area contributed by atoms with Gasteiger partial charge in [0.1, 0.15) is 6.54 Å². The lowest BCUT2D eigenvalue weighted by Crippen LogP contribution is -2.38. The van der Waals surface area contributed by atoms with Gasteiger partial charge in [0.15, 0.2) is 5.43 Å². The Labute approximate surface area is 116 Å². The molecule has 1 atom stereocenters. The smallest absolute Gasteiger partial charge is 0.240 e. The molecular weight excluding hydrogens is 254 g/mol. The van der Waals surface area contributed by atoms with Crippen LogP contribution in [0.1, 0.15) is 6.42 Å². The minimum absolute atomic E-state index is 0.0164. The SMILES string of the molecule is O=C(Cn1ccc(=O)c2ccccc21)N[C@H]1CCNC1. The van der Waals surface area contributed by atoms with Crippen molar-refractivity contribution in [3.8, 4) is 0 Å². The number of aromatic nitrogens is 1. The number of rotatable bonds is 3. The molecule has 1 aliphatic rings. The number of amides is 1. The molecule has 0 saturated carbocycles. The fourth-order valence-corrected chi connectivity index (χ4v) is 2.60. The average molecular weight is 271 g/mol. The molecule has 5 heteroatoms. The van der Waals surface area contributed by atoms with E-state index in [1.807, 2.05) is 22.8 Å². The molecular formula is C15H17N3O2. The fraction of sp³-hybridized carbons (Fsp3) is 0.333. The molecule has 1 aromatic carbocycles. The van der Waals surface area contributed by atoms with Gasteiger partial charge in [0.25, 0.3) is 0 Å². The van der Waals surface area contributed by atoms with E-state index >= 15 is 0 Å². The summed E-state index contributed by atoms with van der Waals surface area (Å²) in [6.45, 7) is 2.01. The molecule has 1 aliphatic heterocycles. The zero-order valence-corrected chi connectivity index (χ0v) is 11.1. The number of benzene rings is 1. The molecule has 3 rings (SSSR count). The van der Waals surface area contributed by atoms with Crippen molar-refractivity contribution in [2.24, 2.45) is 0 Å². The summed E-state index contributed by atoms with van der Waals surface area (Å²) in [4.78, 5) is 23.8. The number of hydrogen-bond acceptors (Lipinski definition) is 3. The summed E-state index contributed by atoms with van der Waals surface area (Å²) in [7, 11) is 0. The van der Waals surface area contributed by atoms with Crippen LogP contribution in [0.5, 0.6) is 0 Å². The quantitative estimate of drug-likeness (QED) is 0.853. The molecule has 0 spiro atoms. The van der Waals surface area contributed by atoms with Gasteiger partial charge in [-0.15, -0.1) is 0 Å². The van der Waals surface area contributed by atoms with Crippen LogP contribution in [0.15, 0.2) is 41.3 Å². The van der Waals surface area contributed by atoms with Crippen LogP contribution in [0.25, 0.3) is 10.9 Å². The number of hydrogen-bond donors (Lipinski definition) is 2. The van der Waals surface area contributed by atoms with Crippen molar-refractivity contribution in [2.45, 2.75) is 19.0 Å². The van der Waals surface area contributed by atoms with Crippen LogP contribution in [-0.4, -0.2) is 29.6 Å². The van der Waals surface area contributed by atoms with Gasteiger partial charge < -0.3 is 15.2 Å². The lowest BCUT2D eigenvalue weighted by Gasteiger charge is -2.14. The van der Waals surface area contributed by atoms with E-state index in [2.05, 4.69) is 10.6 Å². The van der Waals surface area contributed by atoms with Crippen molar-refractivity contribution in [2.75, 3.05) is 13.1 Å². The molecule has 0 bridgehead atoms. The molecule has 1 aromatic heterocycles. The standard InChI is InChI=1S/C15H17N3O2/c19-14-6-8-18(13-4-2-1-3-12(13)14)10-15(20)17-11-5-7-16-9-11/h1-4,6,8,11,16H,5,7,9-10H2,(H,17,20)/t11-/m0/s1.